The van der Waals surface area contributed by atoms with Gasteiger partial charge in [-0.25, -0.2) is 0 Å². The normalized spacial score (nSPS) is 15.1. The number of methoxy groups -OCH3 is 1. The van der Waals surface area contributed by atoms with Crippen LogP contribution in [-0.2, 0) is 0 Å². The van der Waals surface area contributed by atoms with Gasteiger partial charge in [0.2, 0.25) is 0 Å². The van der Waals surface area contributed by atoms with Crippen molar-refractivity contribution in [3.63, 3.8) is 0 Å². The van der Waals surface area contributed by atoms with Gasteiger partial charge in [0, 0.05) is 11.6 Å². The quantitative estimate of drug-likeness (QED) is 0.704. The SMILES string of the molecule is C=C[C@@H](C)[C@H](CC)CC[C@H](O)c1ccnc2ccc(OC)cc12. The number of aliphatic hydroxyl groups excluding tert-OH is 1. The number of benzene rings is 1. The highest BCUT2D eigenvalue weighted by atomic mass is 16.5. The van der Waals surface area contributed by atoms with E-state index in [1.807, 2.05) is 30.3 Å². The van der Waals surface area contributed by atoms with Crippen molar-refractivity contribution in [3.8, 4) is 5.75 Å². The zero-order chi connectivity index (χ0) is 16.8. The number of fused-ring (bicyclic) bond motifs is 1. The molecule has 0 saturated carbocycles. The Kier molecular flexibility index (Phi) is 6.17. The molecule has 3 nitrogen and oxygen atoms in total. The smallest absolute Gasteiger partial charge is 0.119 e. The van der Waals surface area contributed by atoms with Crippen molar-refractivity contribution in [3.05, 3.63) is 48.7 Å². The van der Waals surface area contributed by atoms with Crippen LogP contribution in [0.4, 0.5) is 0 Å². The number of allylic oxidation sites excluding steroid dienone is 1. The lowest BCUT2D eigenvalue weighted by atomic mass is 9.86. The minimum Gasteiger partial charge on any atom is -0.497 e. The Morgan fingerprint density at radius 1 is 1.30 bits per heavy atom. The van der Waals surface area contributed by atoms with Gasteiger partial charge in [0.05, 0.1) is 18.7 Å². The number of aliphatic hydroxyl groups is 1. The van der Waals surface area contributed by atoms with E-state index in [-0.39, 0.29) is 0 Å². The number of nitrogens with zero attached hydrogens (tertiary/aromatic N) is 1. The third-order valence-corrected chi connectivity index (χ3v) is 4.79. The van der Waals surface area contributed by atoms with Gasteiger partial charge in [0.15, 0.2) is 0 Å². The summed E-state index contributed by atoms with van der Waals surface area (Å²) < 4.78 is 5.30. The molecule has 3 atom stereocenters. The van der Waals surface area contributed by atoms with E-state index >= 15 is 0 Å². The van der Waals surface area contributed by atoms with Crippen molar-refractivity contribution in [2.24, 2.45) is 11.8 Å². The van der Waals surface area contributed by atoms with Crippen molar-refractivity contribution in [2.45, 2.75) is 39.2 Å². The number of pyridine rings is 1. The molecule has 1 aromatic carbocycles. The van der Waals surface area contributed by atoms with E-state index in [2.05, 4.69) is 25.4 Å². The molecule has 2 aromatic rings. The van der Waals surface area contributed by atoms with Gasteiger partial charge in [-0.05, 0) is 54.5 Å². The van der Waals surface area contributed by atoms with Gasteiger partial charge in [-0.2, -0.15) is 0 Å². The maximum atomic E-state index is 10.7. The monoisotopic (exact) mass is 313 g/mol. The van der Waals surface area contributed by atoms with E-state index in [0.717, 1.165) is 41.5 Å². The lowest BCUT2D eigenvalue weighted by molar-refractivity contribution is 0.153. The number of aromatic nitrogens is 1. The Balaban J connectivity index is 2.20. The van der Waals surface area contributed by atoms with Crippen molar-refractivity contribution in [1.82, 2.24) is 4.98 Å². The van der Waals surface area contributed by atoms with E-state index < -0.39 is 6.10 Å². The zero-order valence-corrected chi connectivity index (χ0v) is 14.3. The highest BCUT2D eigenvalue weighted by Crippen LogP contribution is 2.31. The molecule has 0 unspecified atom stereocenters. The Morgan fingerprint density at radius 2 is 2.09 bits per heavy atom. The molecule has 3 heteroatoms. The summed E-state index contributed by atoms with van der Waals surface area (Å²) in [7, 11) is 1.65. The van der Waals surface area contributed by atoms with Gasteiger partial charge in [0.1, 0.15) is 5.75 Å². The second-order valence-electron chi connectivity index (χ2n) is 6.14. The van der Waals surface area contributed by atoms with Crippen LogP contribution in [0.25, 0.3) is 10.9 Å². The van der Waals surface area contributed by atoms with E-state index in [4.69, 9.17) is 4.74 Å². The molecule has 124 valence electrons. The first-order valence-corrected chi connectivity index (χ1v) is 8.34. The topological polar surface area (TPSA) is 42.4 Å². The van der Waals surface area contributed by atoms with Crippen LogP contribution in [0.3, 0.4) is 0 Å². The molecular weight excluding hydrogens is 286 g/mol. The van der Waals surface area contributed by atoms with Gasteiger partial charge < -0.3 is 9.84 Å². The molecule has 1 heterocycles. The molecule has 0 fully saturated rings. The Hall–Kier alpha value is -1.87. The number of ether oxygens (including phenoxy) is 1. The average Bonchev–Trinajstić information content (AvgIpc) is 2.60. The minimum absolute atomic E-state index is 0.474. The van der Waals surface area contributed by atoms with Crippen LogP contribution < -0.4 is 4.74 Å². The highest BCUT2D eigenvalue weighted by Gasteiger charge is 2.17. The summed E-state index contributed by atoms with van der Waals surface area (Å²) in [5.41, 5.74) is 1.81. The third-order valence-electron chi connectivity index (χ3n) is 4.79. The van der Waals surface area contributed by atoms with Crippen molar-refractivity contribution < 1.29 is 9.84 Å². The first kappa shape index (κ1) is 17.5. The molecule has 0 spiro atoms. The fourth-order valence-electron chi connectivity index (χ4n) is 3.12. The van der Waals surface area contributed by atoms with Crippen LogP contribution in [0, 0.1) is 11.8 Å². The van der Waals surface area contributed by atoms with E-state index in [1.54, 1.807) is 13.3 Å². The molecule has 0 bridgehead atoms. The summed E-state index contributed by atoms with van der Waals surface area (Å²) in [6, 6.07) is 7.68. The van der Waals surface area contributed by atoms with Crippen LogP contribution in [-0.4, -0.2) is 17.2 Å². The number of rotatable bonds is 8. The highest BCUT2D eigenvalue weighted by molar-refractivity contribution is 5.83. The summed E-state index contributed by atoms with van der Waals surface area (Å²) in [6.45, 7) is 8.28. The Labute approximate surface area is 139 Å². The van der Waals surface area contributed by atoms with E-state index in [0.29, 0.717) is 11.8 Å². The second-order valence-corrected chi connectivity index (χ2v) is 6.14. The van der Waals surface area contributed by atoms with Gasteiger partial charge in [-0.15, -0.1) is 6.58 Å². The van der Waals surface area contributed by atoms with Crippen LogP contribution in [0.15, 0.2) is 43.1 Å². The molecule has 0 amide bonds. The molecule has 0 radical (unpaired) electrons. The maximum Gasteiger partial charge on any atom is 0.119 e. The average molecular weight is 313 g/mol. The second kappa shape index (κ2) is 8.11. The molecule has 0 aliphatic carbocycles. The molecule has 1 N–H and O–H groups in total. The van der Waals surface area contributed by atoms with Crippen LogP contribution in [0.2, 0.25) is 0 Å². The first-order chi connectivity index (χ1) is 11.1. The van der Waals surface area contributed by atoms with Gasteiger partial charge >= 0.3 is 0 Å². The summed E-state index contributed by atoms with van der Waals surface area (Å²) in [4.78, 5) is 4.37. The largest absolute Gasteiger partial charge is 0.497 e. The van der Waals surface area contributed by atoms with Crippen molar-refractivity contribution in [1.29, 1.82) is 0 Å². The summed E-state index contributed by atoms with van der Waals surface area (Å²) in [5, 5.41) is 11.6. The van der Waals surface area contributed by atoms with Gasteiger partial charge in [-0.1, -0.05) is 26.3 Å². The van der Waals surface area contributed by atoms with E-state index in [9.17, 15) is 5.11 Å². The van der Waals surface area contributed by atoms with Crippen LogP contribution in [0.5, 0.6) is 5.75 Å². The standard InChI is InChI=1S/C20H27NO2/c1-5-14(3)15(6-2)7-10-20(22)17-11-12-21-19-9-8-16(23-4)13-18(17)19/h5,8-9,11-15,20,22H,1,6-7,10H2,2-4H3/t14-,15-,20+/m1/s1. The molecule has 23 heavy (non-hydrogen) atoms. The van der Waals surface area contributed by atoms with Gasteiger partial charge in [-0.3, -0.25) is 4.98 Å². The molecular formula is C20H27NO2. The third kappa shape index (κ3) is 4.11. The van der Waals surface area contributed by atoms with E-state index in [1.165, 1.54) is 0 Å². The lowest BCUT2D eigenvalue weighted by Gasteiger charge is -2.22. The minimum atomic E-state index is -0.487. The summed E-state index contributed by atoms with van der Waals surface area (Å²) in [6.07, 6.45) is 6.11. The molecule has 0 aliphatic heterocycles. The van der Waals surface area contributed by atoms with Crippen LogP contribution >= 0.6 is 0 Å². The summed E-state index contributed by atoms with van der Waals surface area (Å²) in [5.74, 6) is 1.82. The predicted molar refractivity (Wildman–Crippen MR) is 95.6 cm³/mol. The van der Waals surface area contributed by atoms with Gasteiger partial charge in [0.25, 0.3) is 0 Å². The lowest BCUT2D eigenvalue weighted by Crippen LogP contribution is -2.10. The fourth-order valence-corrected chi connectivity index (χ4v) is 3.12. The van der Waals surface area contributed by atoms with Crippen molar-refractivity contribution in [2.75, 3.05) is 7.11 Å². The molecule has 0 saturated heterocycles. The molecule has 1 aromatic heterocycles. The number of hydrogen-bond donors (Lipinski definition) is 1. The zero-order valence-electron chi connectivity index (χ0n) is 14.3. The summed E-state index contributed by atoms with van der Waals surface area (Å²) >= 11 is 0. The van der Waals surface area contributed by atoms with Crippen molar-refractivity contribution >= 4 is 10.9 Å². The number of hydrogen-bond acceptors (Lipinski definition) is 3. The molecule has 0 aliphatic rings. The first-order valence-electron chi connectivity index (χ1n) is 8.34. The Bertz CT molecular complexity index is 653. The fraction of sp³-hybridized carbons (Fsp3) is 0.450. The molecule has 2 rings (SSSR count). The Morgan fingerprint density at radius 3 is 2.74 bits per heavy atom. The van der Waals surface area contributed by atoms with Crippen LogP contribution in [0.1, 0.15) is 44.8 Å². The maximum absolute atomic E-state index is 10.7. The predicted octanol–water partition coefficient (Wildman–Crippen LogP) is 4.91.